The largest absolute Gasteiger partial charge is 0.381 e. The Bertz CT molecular complexity index is 189. The van der Waals surface area contributed by atoms with Gasteiger partial charge in [-0.2, -0.15) is 16.2 Å². The van der Waals surface area contributed by atoms with E-state index >= 15 is 0 Å². The van der Waals surface area contributed by atoms with Gasteiger partial charge in [0.15, 0.2) is 5.95 Å². The number of rotatable bonds is 4. The standard InChI is InChI=1S/C10H18FNOS/c1-8(6-10(11)12)7-14-9-2-4-13-5-3-9/h6,8-9H,2-5,7,12H2,1H3/b10-6-. The lowest BCUT2D eigenvalue weighted by Crippen LogP contribution is -2.18. The Morgan fingerprint density at radius 1 is 1.64 bits per heavy atom. The van der Waals surface area contributed by atoms with Crippen LogP contribution in [-0.4, -0.2) is 24.2 Å². The van der Waals surface area contributed by atoms with Crippen molar-refractivity contribution in [3.8, 4) is 0 Å². The molecule has 0 saturated carbocycles. The van der Waals surface area contributed by atoms with Crippen molar-refractivity contribution in [1.29, 1.82) is 0 Å². The lowest BCUT2D eigenvalue weighted by atomic mass is 10.2. The molecule has 0 radical (unpaired) electrons. The van der Waals surface area contributed by atoms with E-state index in [-0.39, 0.29) is 5.92 Å². The quantitative estimate of drug-likeness (QED) is 0.737. The minimum absolute atomic E-state index is 0.216. The monoisotopic (exact) mass is 219 g/mol. The molecule has 0 aromatic heterocycles. The molecule has 1 aliphatic heterocycles. The summed E-state index contributed by atoms with van der Waals surface area (Å²) in [5.74, 6) is 0.591. The number of halogens is 1. The highest BCUT2D eigenvalue weighted by Crippen LogP contribution is 2.24. The zero-order chi connectivity index (χ0) is 10.4. The van der Waals surface area contributed by atoms with Gasteiger partial charge in [0.1, 0.15) is 0 Å². The fourth-order valence-corrected chi connectivity index (χ4v) is 2.65. The number of ether oxygens (including phenoxy) is 1. The maximum absolute atomic E-state index is 12.3. The minimum atomic E-state index is -0.565. The molecule has 0 spiro atoms. The fourth-order valence-electron chi connectivity index (χ4n) is 1.45. The molecule has 82 valence electrons. The normalized spacial score (nSPS) is 22.3. The summed E-state index contributed by atoms with van der Waals surface area (Å²) in [6.07, 6.45) is 3.71. The Morgan fingerprint density at radius 3 is 2.86 bits per heavy atom. The van der Waals surface area contributed by atoms with E-state index in [1.807, 2.05) is 18.7 Å². The first kappa shape index (κ1) is 11.9. The number of hydrogen-bond acceptors (Lipinski definition) is 3. The number of hydrogen-bond donors (Lipinski definition) is 1. The highest BCUT2D eigenvalue weighted by molar-refractivity contribution is 7.99. The highest BCUT2D eigenvalue weighted by Gasteiger charge is 2.14. The van der Waals surface area contributed by atoms with Crippen molar-refractivity contribution in [3.05, 3.63) is 12.0 Å². The van der Waals surface area contributed by atoms with Gasteiger partial charge in [0.05, 0.1) is 0 Å². The van der Waals surface area contributed by atoms with E-state index in [0.717, 1.165) is 31.8 Å². The van der Waals surface area contributed by atoms with Crippen LogP contribution in [0.3, 0.4) is 0 Å². The molecule has 1 saturated heterocycles. The van der Waals surface area contributed by atoms with Gasteiger partial charge in [0.2, 0.25) is 0 Å². The number of allylic oxidation sites excluding steroid dienone is 1. The van der Waals surface area contributed by atoms with Crippen molar-refractivity contribution >= 4 is 11.8 Å². The van der Waals surface area contributed by atoms with E-state index in [4.69, 9.17) is 10.5 Å². The van der Waals surface area contributed by atoms with Gasteiger partial charge in [0.25, 0.3) is 0 Å². The average molecular weight is 219 g/mol. The predicted molar refractivity (Wildman–Crippen MR) is 58.8 cm³/mol. The van der Waals surface area contributed by atoms with Gasteiger partial charge >= 0.3 is 0 Å². The summed E-state index contributed by atoms with van der Waals surface area (Å²) in [6, 6.07) is 0. The van der Waals surface area contributed by atoms with E-state index in [1.165, 1.54) is 6.08 Å². The second-order valence-corrected chi connectivity index (χ2v) is 5.01. The molecule has 1 aliphatic rings. The molecule has 14 heavy (non-hydrogen) atoms. The number of thioether (sulfide) groups is 1. The smallest absolute Gasteiger partial charge is 0.180 e. The van der Waals surface area contributed by atoms with Crippen LogP contribution in [0.2, 0.25) is 0 Å². The fraction of sp³-hybridized carbons (Fsp3) is 0.800. The predicted octanol–water partition coefficient (Wildman–Crippen LogP) is 2.30. The van der Waals surface area contributed by atoms with Crippen molar-refractivity contribution < 1.29 is 9.13 Å². The van der Waals surface area contributed by atoms with Crippen molar-refractivity contribution in [3.63, 3.8) is 0 Å². The molecule has 2 nitrogen and oxygen atoms in total. The van der Waals surface area contributed by atoms with E-state index in [0.29, 0.717) is 5.25 Å². The summed E-state index contributed by atoms with van der Waals surface area (Å²) in [5.41, 5.74) is 4.97. The van der Waals surface area contributed by atoms with Crippen LogP contribution in [0.5, 0.6) is 0 Å². The summed E-state index contributed by atoms with van der Waals surface area (Å²) >= 11 is 1.90. The molecule has 1 fully saturated rings. The molecule has 1 atom stereocenters. The molecular formula is C10H18FNOS. The first-order valence-corrected chi connectivity index (χ1v) is 6.05. The minimum Gasteiger partial charge on any atom is -0.381 e. The number of nitrogens with two attached hydrogens (primary N) is 1. The third-order valence-electron chi connectivity index (χ3n) is 2.21. The average Bonchev–Trinajstić information content (AvgIpc) is 2.15. The van der Waals surface area contributed by atoms with Crippen LogP contribution in [0.4, 0.5) is 4.39 Å². The van der Waals surface area contributed by atoms with Crippen LogP contribution in [0.1, 0.15) is 19.8 Å². The van der Waals surface area contributed by atoms with E-state index in [2.05, 4.69) is 0 Å². The van der Waals surface area contributed by atoms with Gasteiger partial charge in [-0.25, -0.2) is 0 Å². The summed E-state index contributed by atoms with van der Waals surface area (Å²) in [7, 11) is 0. The molecule has 1 heterocycles. The van der Waals surface area contributed by atoms with Gasteiger partial charge in [0, 0.05) is 18.5 Å². The lowest BCUT2D eigenvalue weighted by Gasteiger charge is -2.22. The highest BCUT2D eigenvalue weighted by atomic mass is 32.2. The van der Waals surface area contributed by atoms with E-state index < -0.39 is 5.95 Å². The molecule has 0 aliphatic carbocycles. The first-order chi connectivity index (χ1) is 6.68. The van der Waals surface area contributed by atoms with Crippen LogP contribution in [0.25, 0.3) is 0 Å². The first-order valence-electron chi connectivity index (χ1n) is 5.00. The molecule has 0 bridgehead atoms. The molecule has 0 aromatic carbocycles. The zero-order valence-corrected chi connectivity index (χ0v) is 9.36. The summed E-state index contributed by atoms with van der Waals surface area (Å²) in [4.78, 5) is 0. The van der Waals surface area contributed by atoms with Crippen molar-refractivity contribution in [2.45, 2.75) is 25.0 Å². The third-order valence-corrected chi connectivity index (χ3v) is 3.87. The van der Waals surface area contributed by atoms with Crippen LogP contribution >= 0.6 is 11.8 Å². The Labute approximate surface area is 89.1 Å². The van der Waals surface area contributed by atoms with Crippen LogP contribution in [-0.2, 0) is 4.74 Å². The molecule has 4 heteroatoms. The Hall–Kier alpha value is -0.220. The maximum Gasteiger partial charge on any atom is 0.180 e. The topological polar surface area (TPSA) is 35.2 Å². The van der Waals surface area contributed by atoms with Crippen LogP contribution < -0.4 is 5.73 Å². The van der Waals surface area contributed by atoms with Gasteiger partial charge in [-0.15, -0.1) is 0 Å². The molecule has 1 unspecified atom stereocenters. The molecule has 2 N–H and O–H groups in total. The van der Waals surface area contributed by atoms with Gasteiger partial charge < -0.3 is 10.5 Å². The van der Waals surface area contributed by atoms with Crippen molar-refractivity contribution in [1.82, 2.24) is 0 Å². The van der Waals surface area contributed by atoms with Crippen molar-refractivity contribution in [2.75, 3.05) is 19.0 Å². The zero-order valence-electron chi connectivity index (χ0n) is 8.54. The maximum atomic E-state index is 12.3. The second-order valence-electron chi connectivity index (χ2n) is 3.67. The molecule has 0 amide bonds. The summed E-state index contributed by atoms with van der Waals surface area (Å²) < 4.78 is 17.6. The van der Waals surface area contributed by atoms with Gasteiger partial charge in [-0.3, -0.25) is 0 Å². The summed E-state index contributed by atoms with van der Waals surface area (Å²) in [6.45, 7) is 3.72. The molecule has 0 aromatic rings. The molecule has 1 rings (SSSR count). The summed E-state index contributed by atoms with van der Waals surface area (Å²) in [5, 5.41) is 0.681. The van der Waals surface area contributed by atoms with E-state index in [9.17, 15) is 4.39 Å². The van der Waals surface area contributed by atoms with Gasteiger partial charge in [-0.05, 0) is 30.6 Å². The van der Waals surface area contributed by atoms with E-state index in [1.54, 1.807) is 0 Å². The van der Waals surface area contributed by atoms with Crippen molar-refractivity contribution in [2.24, 2.45) is 11.7 Å². The Kier molecular flexibility index (Phi) is 5.33. The second kappa shape index (κ2) is 6.30. The molecular weight excluding hydrogens is 201 g/mol. The Balaban J connectivity index is 2.15. The van der Waals surface area contributed by atoms with Gasteiger partial charge in [-0.1, -0.05) is 6.92 Å². The van der Waals surface area contributed by atoms with Crippen LogP contribution in [0.15, 0.2) is 12.0 Å². The lowest BCUT2D eigenvalue weighted by molar-refractivity contribution is 0.1000. The Morgan fingerprint density at radius 2 is 2.29 bits per heavy atom. The SMILES string of the molecule is CC(/C=C(\N)F)CSC1CCOCC1. The van der Waals surface area contributed by atoms with Crippen LogP contribution in [0, 0.1) is 5.92 Å². The third kappa shape index (κ3) is 4.86.